The lowest BCUT2D eigenvalue weighted by atomic mass is 10.00. The van der Waals surface area contributed by atoms with Crippen LogP contribution in [0.25, 0.3) is 0 Å². The fraction of sp³-hybridized carbons (Fsp3) is 0.667. The Hall–Kier alpha value is -1.10. The van der Waals surface area contributed by atoms with Crippen molar-refractivity contribution in [2.45, 2.75) is 50.9 Å². The molecule has 2 aliphatic rings. The van der Waals surface area contributed by atoms with E-state index >= 15 is 0 Å². The Balaban J connectivity index is 1.46. The molecule has 0 aliphatic carbocycles. The smallest absolute Gasteiger partial charge is 0.124 e. The third kappa shape index (κ3) is 4.22. The first-order valence-electron chi connectivity index (χ1n) is 8.46. The van der Waals surface area contributed by atoms with Gasteiger partial charge in [0.1, 0.15) is 11.9 Å². The van der Waals surface area contributed by atoms with Gasteiger partial charge < -0.3 is 19.5 Å². The lowest BCUT2D eigenvalue weighted by molar-refractivity contribution is 0.0490. The van der Waals surface area contributed by atoms with Crippen LogP contribution in [0.15, 0.2) is 24.3 Å². The molecule has 1 aromatic carbocycles. The number of piperidine rings is 1. The third-order valence-electron chi connectivity index (χ3n) is 4.79. The summed E-state index contributed by atoms with van der Waals surface area (Å²) < 4.78 is 11.2. The van der Waals surface area contributed by atoms with E-state index in [1.54, 1.807) is 0 Å². The average molecular weight is 305 g/mol. The zero-order valence-corrected chi connectivity index (χ0v) is 13.4. The Morgan fingerprint density at radius 2 is 2.09 bits per heavy atom. The zero-order valence-electron chi connectivity index (χ0n) is 13.4. The van der Waals surface area contributed by atoms with E-state index in [0.717, 1.165) is 51.1 Å². The molecule has 122 valence electrons. The maximum atomic E-state index is 9.68. The molecular formula is C18H27NO3. The summed E-state index contributed by atoms with van der Waals surface area (Å²) in [6.07, 6.45) is 3.94. The molecule has 3 rings (SSSR count). The second kappa shape index (κ2) is 7.44. The first-order chi connectivity index (χ1) is 10.7. The molecule has 4 heteroatoms. The van der Waals surface area contributed by atoms with Gasteiger partial charge in [-0.25, -0.2) is 0 Å². The van der Waals surface area contributed by atoms with Gasteiger partial charge in [-0.3, -0.25) is 0 Å². The molecule has 2 heterocycles. The molecule has 2 saturated heterocycles. The van der Waals surface area contributed by atoms with E-state index in [1.807, 2.05) is 0 Å². The number of aliphatic hydroxyl groups is 1. The molecule has 0 radical (unpaired) electrons. The van der Waals surface area contributed by atoms with Crippen LogP contribution in [0.1, 0.15) is 31.7 Å². The Bertz CT molecular complexity index is 456. The molecule has 0 aromatic heterocycles. The number of likely N-dealkylation sites (tertiary alicyclic amines) is 1. The number of hydrogen-bond donors (Lipinski definition) is 1. The molecule has 22 heavy (non-hydrogen) atoms. The SMILES string of the molecule is CC1CC(O)CCN1CCc1ccc(OC2CCOC2)cc1. The first kappa shape index (κ1) is 15.8. The first-order valence-corrected chi connectivity index (χ1v) is 8.46. The second-order valence-electron chi connectivity index (χ2n) is 6.56. The quantitative estimate of drug-likeness (QED) is 0.906. The summed E-state index contributed by atoms with van der Waals surface area (Å²) in [5.74, 6) is 0.939. The van der Waals surface area contributed by atoms with Crippen LogP contribution in [0.4, 0.5) is 0 Å². The van der Waals surface area contributed by atoms with Crippen LogP contribution in [-0.2, 0) is 11.2 Å². The molecule has 1 N–H and O–H groups in total. The van der Waals surface area contributed by atoms with Crippen LogP contribution in [0, 0.1) is 0 Å². The number of nitrogens with zero attached hydrogens (tertiary/aromatic N) is 1. The summed E-state index contributed by atoms with van der Waals surface area (Å²) in [5.41, 5.74) is 1.34. The minimum absolute atomic E-state index is 0.109. The van der Waals surface area contributed by atoms with Crippen LogP contribution < -0.4 is 4.74 Å². The largest absolute Gasteiger partial charge is 0.488 e. The number of benzene rings is 1. The van der Waals surface area contributed by atoms with E-state index < -0.39 is 0 Å². The van der Waals surface area contributed by atoms with Gasteiger partial charge in [0.05, 0.1) is 19.3 Å². The summed E-state index contributed by atoms with van der Waals surface area (Å²) >= 11 is 0. The van der Waals surface area contributed by atoms with Gasteiger partial charge >= 0.3 is 0 Å². The summed E-state index contributed by atoms with van der Waals surface area (Å²) in [7, 11) is 0. The molecule has 3 unspecified atom stereocenters. The van der Waals surface area contributed by atoms with Gasteiger partial charge in [-0.15, -0.1) is 0 Å². The normalized spacial score (nSPS) is 29.6. The van der Waals surface area contributed by atoms with Crippen molar-refractivity contribution in [1.29, 1.82) is 0 Å². The molecule has 1 aromatic rings. The van der Waals surface area contributed by atoms with E-state index in [4.69, 9.17) is 9.47 Å². The average Bonchev–Trinajstić information content (AvgIpc) is 3.01. The Kier molecular flexibility index (Phi) is 5.34. The highest BCUT2D eigenvalue weighted by molar-refractivity contribution is 5.27. The highest BCUT2D eigenvalue weighted by Crippen LogP contribution is 2.20. The standard InChI is InChI=1S/C18H27NO3/c1-14-12-16(20)7-10-19(14)9-6-15-2-4-17(5-3-15)22-18-8-11-21-13-18/h2-5,14,16,18,20H,6-13H2,1H3. The fourth-order valence-corrected chi connectivity index (χ4v) is 3.33. The topological polar surface area (TPSA) is 41.9 Å². The van der Waals surface area contributed by atoms with Gasteiger partial charge in [0.25, 0.3) is 0 Å². The van der Waals surface area contributed by atoms with Crippen molar-refractivity contribution >= 4 is 0 Å². The van der Waals surface area contributed by atoms with Crippen LogP contribution in [0.2, 0.25) is 0 Å². The van der Waals surface area contributed by atoms with Gasteiger partial charge in [0.2, 0.25) is 0 Å². The predicted molar refractivity (Wildman–Crippen MR) is 86.3 cm³/mol. The minimum atomic E-state index is -0.109. The molecule has 3 atom stereocenters. The lowest BCUT2D eigenvalue weighted by Gasteiger charge is -2.35. The molecule has 2 aliphatic heterocycles. The lowest BCUT2D eigenvalue weighted by Crippen LogP contribution is -2.43. The summed E-state index contributed by atoms with van der Waals surface area (Å²) in [6.45, 7) is 5.80. The van der Waals surface area contributed by atoms with E-state index in [2.05, 4.69) is 36.1 Å². The van der Waals surface area contributed by atoms with Gasteiger partial charge in [-0.05, 0) is 43.9 Å². The monoisotopic (exact) mass is 305 g/mol. The van der Waals surface area contributed by atoms with Crippen LogP contribution in [0.5, 0.6) is 5.75 Å². The Labute approximate surface area is 133 Å². The van der Waals surface area contributed by atoms with Gasteiger partial charge in [0, 0.05) is 25.6 Å². The highest BCUT2D eigenvalue weighted by atomic mass is 16.5. The highest BCUT2D eigenvalue weighted by Gasteiger charge is 2.23. The van der Waals surface area contributed by atoms with Gasteiger partial charge in [-0.1, -0.05) is 12.1 Å². The van der Waals surface area contributed by atoms with Crippen molar-refractivity contribution in [3.8, 4) is 5.75 Å². The second-order valence-corrected chi connectivity index (χ2v) is 6.56. The molecular weight excluding hydrogens is 278 g/mol. The van der Waals surface area contributed by atoms with E-state index in [-0.39, 0.29) is 12.2 Å². The van der Waals surface area contributed by atoms with Crippen LogP contribution in [0.3, 0.4) is 0 Å². The summed E-state index contributed by atoms with van der Waals surface area (Å²) in [5, 5.41) is 9.68. The number of aliphatic hydroxyl groups excluding tert-OH is 1. The van der Waals surface area contributed by atoms with E-state index in [1.165, 1.54) is 5.56 Å². The molecule has 2 fully saturated rings. The third-order valence-corrected chi connectivity index (χ3v) is 4.79. The van der Waals surface area contributed by atoms with Crippen molar-refractivity contribution in [2.24, 2.45) is 0 Å². The number of hydrogen-bond acceptors (Lipinski definition) is 4. The van der Waals surface area contributed by atoms with E-state index in [0.29, 0.717) is 12.6 Å². The maximum Gasteiger partial charge on any atom is 0.124 e. The van der Waals surface area contributed by atoms with Crippen molar-refractivity contribution in [3.63, 3.8) is 0 Å². The number of ether oxygens (including phenoxy) is 2. The number of rotatable bonds is 5. The van der Waals surface area contributed by atoms with Crippen molar-refractivity contribution in [3.05, 3.63) is 29.8 Å². The van der Waals surface area contributed by atoms with Crippen LogP contribution in [-0.4, -0.2) is 54.6 Å². The molecule has 0 bridgehead atoms. The summed E-state index contributed by atoms with van der Waals surface area (Å²) in [4.78, 5) is 2.48. The molecule has 4 nitrogen and oxygen atoms in total. The summed E-state index contributed by atoms with van der Waals surface area (Å²) in [6, 6.07) is 8.94. The van der Waals surface area contributed by atoms with Gasteiger partial charge in [-0.2, -0.15) is 0 Å². The van der Waals surface area contributed by atoms with E-state index in [9.17, 15) is 5.11 Å². The molecule has 0 saturated carbocycles. The fourth-order valence-electron chi connectivity index (χ4n) is 3.33. The molecule has 0 amide bonds. The Morgan fingerprint density at radius 1 is 1.27 bits per heavy atom. The van der Waals surface area contributed by atoms with Crippen LogP contribution >= 0.6 is 0 Å². The minimum Gasteiger partial charge on any atom is -0.488 e. The molecule has 0 spiro atoms. The van der Waals surface area contributed by atoms with Gasteiger partial charge in [0.15, 0.2) is 0 Å². The maximum absolute atomic E-state index is 9.68. The Morgan fingerprint density at radius 3 is 2.77 bits per heavy atom. The zero-order chi connectivity index (χ0) is 15.4. The van der Waals surface area contributed by atoms with Crippen molar-refractivity contribution < 1.29 is 14.6 Å². The van der Waals surface area contributed by atoms with Crippen molar-refractivity contribution in [2.75, 3.05) is 26.3 Å². The predicted octanol–water partition coefficient (Wildman–Crippen LogP) is 2.24. The van der Waals surface area contributed by atoms with Crippen molar-refractivity contribution in [1.82, 2.24) is 4.90 Å².